The molecule has 0 aromatic heterocycles. The average Bonchev–Trinajstić information content (AvgIpc) is 2.33. The number of nitrogens with zero attached hydrogens (tertiary/aromatic N) is 1. The third-order valence-electron chi connectivity index (χ3n) is 2.23. The normalized spacial score (nSPS) is 26.0. The van der Waals surface area contributed by atoms with Gasteiger partial charge >= 0.3 is 0 Å². The van der Waals surface area contributed by atoms with Gasteiger partial charge in [0.25, 0.3) is 0 Å². The number of hydrogen-bond acceptors (Lipinski definition) is 2. The Hall–Kier alpha value is -0.340. The van der Waals surface area contributed by atoms with Gasteiger partial charge in [-0.25, -0.2) is 0 Å². The fraction of sp³-hybridized carbons (Fsp3) is 0.818. The number of aliphatic hydroxyl groups excluding tert-OH is 1. The number of hydrogen-bond donors (Lipinski definition) is 1. The number of allylic oxidation sites excluding steroid dienone is 1. The lowest BCUT2D eigenvalue weighted by molar-refractivity contribution is 0.179. The lowest BCUT2D eigenvalue weighted by atomic mass is 9.96. The van der Waals surface area contributed by atoms with E-state index in [9.17, 15) is 5.11 Å². The summed E-state index contributed by atoms with van der Waals surface area (Å²) in [5.41, 5.74) is 0.276. The smallest absolute Gasteiger partial charge is 0.0679 e. The van der Waals surface area contributed by atoms with E-state index in [1.54, 1.807) is 0 Å². The zero-order valence-electron chi connectivity index (χ0n) is 8.95. The lowest BCUT2D eigenvalue weighted by Gasteiger charge is -2.14. The Balaban J connectivity index is 2.23. The summed E-state index contributed by atoms with van der Waals surface area (Å²) in [4.78, 5) is 2.28. The second kappa shape index (κ2) is 4.25. The first-order valence-electron chi connectivity index (χ1n) is 5.05. The monoisotopic (exact) mass is 183 g/mol. The van der Waals surface area contributed by atoms with Gasteiger partial charge in [-0.1, -0.05) is 32.9 Å². The van der Waals surface area contributed by atoms with Crippen LogP contribution < -0.4 is 0 Å². The van der Waals surface area contributed by atoms with E-state index in [4.69, 9.17) is 0 Å². The van der Waals surface area contributed by atoms with Crippen LogP contribution in [-0.2, 0) is 0 Å². The second-order valence-electron chi connectivity index (χ2n) is 4.97. The molecular formula is C11H21NO. The molecule has 1 saturated heterocycles. The highest BCUT2D eigenvalue weighted by Gasteiger charge is 2.18. The van der Waals surface area contributed by atoms with Gasteiger partial charge in [-0.15, -0.1) is 0 Å². The SMILES string of the molecule is CC(C)(C)/C=C/CN1CC[C@H](O)C1. The van der Waals surface area contributed by atoms with E-state index in [0.717, 1.165) is 26.1 Å². The molecule has 13 heavy (non-hydrogen) atoms. The Bertz CT molecular complexity index is 181. The molecule has 0 spiro atoms. The van der Waals surface area contributed by atoms with Gasteiger partial charge in [0.05, 0.1) is 6.10 Å². The highest BCUT2D eigenvalue weighted by molar-refractivity contribution is 4.94. The van der Waals surface area contributed by atoms with Crippen LogP contribution in [0.25, 0.3) is 0 Å². The van der Waals surface area contributed by atoms with E-state index in [2.05, 4.69) is 37.8 Å². The molecule has 2 nitrogen and oxygen atoms in total. The van der Waals surface area contributed by atoms with Crippen LogP contribution in [0.1, 0.15) is 27.2 Å². The van der Waals surface area contributed by atoms with Gasteiger partial charge < -0.3 is 5.11 Å². The fourth-order valence-corrected chi connectivity index (χ4v) is 1.53. The zero-order chi connectivity index (χ0) is 9.90. The van der Waals surface area contributed by atoms with E-state index in [1.807, 2.05) is 0 Å². The minimum absolute atomic E-state index is 0.0944. The fourth-order valence-electron chi connectivity index (χ4n) is 1.53. The van der Waals surface area contributed by atoms with Crippen molar-refractivity contribution in [2.45, 2.75) is 33.3 Å². The summed E-state index contributed by atoms with van der Waals surface area (Å²) >= 11 is 0. The van der Waals surface area contributed by atoms with E-state index < -0.39 is 0 Å². The van der Waals surface area contributed by atoms with Gasteiger partial charge in [0.2, 0.25) is 0 Å². The molecule has 0 amide bonds. The lowest BCUT2D eigenvalue weighted by Crippen LogP contribution is -2.22. The predicted octanol–water partition coefficient (Wildman–Crippen LogP) is 1.66. The molecular weight excluding hydrogens is 162 g/mol. The first-order valence-corrected chi connectivity index (χ1v) is 5.05. The maximum atomic E-state index is 9.29. The molecule has 1 rings (SSSR count). The highest BCUT2D eigenvalue weighted by atomic mass is 16.3. The van der Waals surface area contributed by atoms with Gasteiger partial charge in [-0.2, -0.15) is 0 Å². The van der Waals surface area contributed by atoms with Crippen LogP contribution in [0.5, 0.6) is 0 Å². The van der Waals surface area contributed by atoms with Crippen molar-refractivity contribution in [2.24, 2.45) is 5.41 Å². The third-order valence-corrected chi connectivity index (χ3v) is 2.23. The van der Waals surface area contributed by atoms with E-state index >= 15 is 0 Å². The van der Waals surface area contributed by atoms with Crippen LogP contribution in [0.4, 0.5) is 0 Å². The molecule has 0 radical (unpaired) electrons. The molecule has 1 aliphatic heterocycles. The molecule has 0 bridgehead atoms. The minimum atomic E-state index is -0.0944. The first-order chi connectivity index (χ1) is 5.97. The molecule has 2 heteroatoms. The summed E-state index contributed by atoms with van der Waals surface area (Å²) < 4.78 is 0. The van der Waals surface area contributed by atoms with Gasteiger partial charge in [-0.3, -0.25) is 4.90 Å². The average molecular weight is 183 g/mol. The Kier molecular flexibility index (Phi) is 3.51. The summed E-state index contributed by atoms with van der Waals surface area (Å²) in [6.45, 7) is 9.45. The third kappa shape index (κ3) is 4.44. The molecule has 1 atom stereocenters. The minimum Gasteiger partial charge on any atom is -0.392 e. The van der Waals surface area contributed by atoms with Gasteiger partial charge in [0.15, 0.2) is 0 Å². The number of likely N-dealkylation sites (tertiary alicyclic amines) is 1. The van der Waals surface area contributed by atoms with Gasteiger partial charge in [-0.05, 0) is 11.8 Å². The molecule has 0 aromatic carbocycles. The van der Waals surface area contributed by atoms with E-state index in [-0.39, 0.29) is 11.5 Å². The van der Waals surface area contributed by atoms with Crippen LogP contribution in [0.15, 0.2) is 12.2 Å². The molecule has 0 saturated carbocycles. The Morgan fingerprint density at radius 2 is 2.15 bits per heavy atom. The summed E-state index contributed by atoms with van der Waals surface area (Å²) in [6, 6.07) is 0. The topological polar surface area (TPSA) is 23.5 Å². The quantitative estimate of drug-likeness (QED) is 0.658. The molecule has 1 aliphatic rings. The van der Waals surface area contributed by atoms with Crippen molar-refractivity contribution >= 4 is 0 Å². The van der Waals surface area contributed by atoms with Crippen LogP contribution >= 0.6 is 0 Å². The summed E-state index contributed by atoms with van der Waals surface area (Å²) in [5.74, 6) is 0. The largest absolute Gasteiger partial charge is 0.392 e. The van der Waals surface area contributed by atoms with E-state index in [1.165, 1.54) is 0 Å². The zero-order valence-corrected chi connectivity index (χ0v) is 8.95. The maximum Gasteiger partial charge on any atom is 0.0679 e. The standard InChI is InChI=1S/C11H21NO/c1-11(2,3)6-4-7-12-8-5-10(13)9-12/h4,6,10,13H,5,7-9H2,1-3H3/b6-4+/t10-/m0/s1. The predicted molar refractivity (Wildman–Crippen MR) is 55.7 cm³/mol. The number of aliphatic hydroxyl groups is 1. The Morgan fingerprint density at radius 1 is 1.46 bits per heavy atom. The van der Waals surface area contributed by atoms with Crippen molar-refractivity contribution in [1.29, 1.82) is 0 Å². The van der Waals surface area contributed by atoms with E-state index in [0.29, 0.717) is 0 Å². The molecule has 76 valence electrons. The number of rotatable bonds is 2. The molecule has 0 aliphatic carbocycles. The highest BCUT2D eigenvalue weighted by Crippen LogP contribution is 2.15. The van der Waals surface area contributed by atoms with Crippen molar-refractivity contribution in [3.8, 4) is 0 Å². The molecule has 1 fully saturated rings. The van der Waals surface area contributed by atoms with Crippen molar-refractivity contribution in [2.75, 3.05) is 19.6 Å². The van der Waals surface area contributed by atoms with Crippen molar-refractivity contribution in [1.82, 2.24) is 4.90 Å². The Labute approximate surface area is 81.2 Å². The van der Waals surface area contributed by atoms with Crippen LogP contribution in [0, 0.1) is 5.41 Å². The second-order valence-corrected chi connectivity index (χ2v) is 4.97. The summed E-state index contributed by atoms with van der Waals surface area (Å²) in [5, 5.41) is 9.29. The molecule has 1 N–H and O–H groups in total. The first kappa shape index (κ1) is 10.7. The Morgan fingerprint density at radius 3 is 2.62 bits per heavy atom. The van der Waals surface area contributed by atoms with Crippen molar-refractivity contribution in [3.63, 3.8) is 0 Å². The van der Waals surface area contributed by atoms with Gasteiger partial charge in [0.1, 0.15) is 0 Å². The summed E-state index contributed by atoms with van der Waals surface area (Å²) in [6.07, 6.45) is 5.28. The van der Waals surface area contributed by atoms with Crippen LogP contribution in [0.2, 0.25) is 0 Å². The van der Waals surface area contributed by atoms with Crippen LogP contribution in [0.3, 0.4) is 0 Å². The molecule has 1 heterocycles. The number of β-amino-alcohol motifs (C(OH)–C–C–N with tert-alkyl or cyclic N) is 1. The summed E-state index contributed by atoms with van der Waals surface area (Å²) in [7, 11) is 0. The van der Waals surface area contributed by atoms with Crippen LogP contribution in [-0.4, -0.2) is 35.7 Å². The van der Waals surface area contributed by atoms with Crippen molar-refractivity contribution in [3.05, 3.63) is 12.2 Å². The molecule has 0 unspecified atom stereocenters. The molecule has 0 aromatic rings. The van der Waals surface area contributed by atoms with Gasteiger partial charge in [0, 0.05) is 19.6 Å². The maximum absolute atomic E-state index is 9.29. The van der Waals surface area contributed by atoms with Crippen molar-refractivity contribution < 1.29 is 5.11 Å².